The van der Waals surface area contributed by atoms with Gasteiger partial charge in [0.25, 0.3) is 14.3 Å². The molecule has 0 saturated heterocycles. The first kappa shape index (κ1) is 12.7. The van der Waals surface area contributed by atoms with Gasteiger partial charge in [-0.25, -0.2) is 12.8 Å². The third kappa shape index (κ3) is 2.81. The van der Waals surface area contributed by atoms with Crippen molar-refractivity contribution in [3.63, 3.8) is 0 Å². The minimum absolute atomic E-state index is 0.487. The summed E-state index contributed by atoms with van der Waals surface area (Å²) < 4.78 is 34.9. The van der Waals surface area contributed by atoms with Crippen LogP contribution in [0.15, 0.2) is 17.0 Å². The van der Waals surface area contributed by atoms with Crippen molar-refractivity contribution >= 4 is 48.2 Å². The van der Waals surface area contributed by atoms with Crippen LogP contribution in [-0.2, 0) is 9.05 Å². The Bertz CT molecular complexity index is 527. The molecular weight excluding hydrogens is 289 g/mol. The van der Waals surface area contributed by atoms with Gasteiger partial charge in [-0.3, -0.25) is 4.79 Å². The molecular formula is C7H2Cl3FO3S. The fraction of sp³-hybridized carbons (Fsp3) is 0. The van der Waals surface area contributed by atoms with E-state index in [-0.39, 0.29) is 0 Å². The van der Waals surface area contributed by atoms with Crippen molar-refractivity contribution in [3.8, 4) is 0 Å². The zero-order valence-electron chi connectivity index (χ0n) is 6.80. The van der Waals surface area contributed by atoms with Crippen molar-refractivity contribution < 1.29 is 17.6 Å². The smallest absolute Gasteiger partial charge is 0.261 e. The monoisotopic (exact) mass is 290 g/mol. The normalized spacial score (nSPS) is 11.5. The van der Waals surface area contributed by atoms with Gasteiger partial charge in [0.1, 0.15) is 0 Å². The molecule has 0 aliphatic heterocycles. The number of hydrogen-bond donors (Lipinski definition) is 0. The van der Waals surface area contributed by atoms with Crippen LogP contribution in [0.25, 0.3) is 0 Å². The van der Waals surface area contributed by atoms with Gasteiger partial charge in [-0.2, -0.15) is 0 Å². The quantitative estimate of drug-likeness (QED) is 0.787. The lowest BCUT2D eigenvalue weighted by atomic mass is 10.2. The number of carbonyl (C=O) groups excluding carboxylic acids is 1. The number of rotatable bonds is 2. The molecule has 0 spiro atoms. The molecule has 0 radical (unpaired) electrons. The van der Waals surface area contributed by atoms with E-state index in [2.05, 4.69) is 0 Å². The van der Waals surface area contributed by atoms with Crippen molar-refractivity contribution in [3.05, 3.63) is 28.5 Å². The van der Waals surface area contributed by atoms with Gasteiger partial charge in [0.05, 0.1) is 15.5 Å². The van der Waals surface area contributed by atoms with E-state index in [1.54, 1.807) is 0 Å². The van der Waals surface area contributed by atoms with Gasteiger partial charge in [-0.05, 0) is 23.7 Å². The molecule has 0 saturated carbocycles. The van der Waals surface area contributed by atoms with Crippen molar-refractivity contribution in [2.75, 3.05) is 0 Å². The Balaban J connectivity index is 3.57. The Labute approximate surface area is 99.2 Å². The summed E-state index contributed by atoms with van der Waals surface area (Å²) in [5.74, 6) is -1.08. The molecule has 0 amide bonds. The summed E-state index contributed by atoms with van der Waals surface area (Å²) in [5.41, 5.74) is -0.636. The van der Waals surface area contributed by atoms with E-state index in [1.807, 2.05) is 0 Å². The number of halogens is 4. The lowest BCUT2D eigenvalue weighted by Gasteiger charge is -2.02. The average Bonchev–Trinajstić information content (AvgIpc) is 2.06. The van der Waals surface area contributed by atoms with Crippen LogP contribution in [-0.4, -0.2) is 13.7 Å². The Kier molecular flexibility index (Phi) is 3.60. The highest BCUT2D eigenvalue weighted by Crippen LogP contribution is 2.26. The zero-order chi connectivity index (χ0) is 11.8. The van der Waals surface area contributed by atoms with Crippen LogP contribution in [0.5, 0.6) is 0 Å². The predicted molar refractivity (Wildman–Crippen MR) is 54.6 cm³/mol. The summed E-state index contributed by atoms with van der Waals surface area (Å²) in [7, 11) is 0.908. The van der Waals surface area contributed by atoms with E-state index in [0.717, 1.165) is 12.1 Å². The van der Waals surface area contributed by atoms with Gasteiger partial charge in [0.2, 0.25) is 0 Å². The third-order valence-corrected chi connectivity index (χ3v) is 3.31. The van der Waals surface area contributed by atoms with Gasteiger partial charge in [0.15, 0.2) is 5.82 Å². The molecule has 0 aliphatic carbocycles. The predicted octanol–water partition coefficient (Wildman–Crippen LogP) is 2.79. The molecule has 0 aromatic heterocycles. The van der Waals surface area contributed by atoms with Gasteiger partial charge < -0.3 is 0 Å². The lowest BCUT2D eigenvalue weighted by Crippen LogP contribution is -2.00. The summed E-state index contributed by atoms with van der Waals surface area (Å²) in [6.07, 6.45) is 0. The molecule has 82 valence electrons. The highest BCUT2D eigenvalue weighted by molar-refractivity contribution is 8.13. The van der Waals surface area contributed by atoms with Crippen LogP contribution in [0.1, 0.15) is 10.4 Å². The van der Waals surface area contributed by atoms with Crippen LogP contribution < -0.4 is 0 Å². The topological polar surface area (TPSA) is 51.2 Å². The molecule has 0 aliphatic rings. The van der Waals surface area contributed by atoms with Gasteiger partial charge in [-0.15, -0.1) is 0 Å². The average molecular weight is 292 g/mol. The standard InChI is InChI=1S/C7H2Cl3FO3S/c8-5-2-3(15(10,13)14)1-4(6(5)11)7(9)12/h1-2H. The first-order valence-corrected chi connectivity index (χ1v) is 6.43. The van der Waals surface area contributed by atoms with E-state index < -0.39 is 35.6 Å². The molecule has 1 rings (SSSR count). The Morgan fingerprint density at radius 2 is 1.87 bits per heavy atom. The molecule has 0 unspecified atom stereocenters. The SMILES string of the molecule is O=C(Cl)c1cc(S(=O)(=O)Cl)cc(Cl)c1F. The highest BCUT2D eigenvalue weighted by atomic mass is 35.7. The second kappa shape index (κ2) is 4.25. The fourth-order valence-electron chi connectivity index (χ4n) is 0.848. The van der Waals surface area contributed by atoms with Gasteiger partial charge in [0, 0.05) is 10.7 Å². The summed E-state index contributed by atoms with van der Waals surface area (Å²) in [5, 5.41) is -1.70. The number of hydrogen-bond acceptors (Lipinski definition) is 3. The molecule has 0 fully saturated rings. The van der Waals surface area contributed by atoms with Crippen LogP contribution >= 0.6 is 33.9 Å². The van der Waals surface area contributed by atoms with Crippen molar-refractivity contribution in [1.82, 2.24) is 0 Å². The fourth-order valence-corrected chi connectivity index (χ4v) is 2.05. The highest BCUT2D eigenvalue weighted by Gasteiger charge is 2.19. The minimum Gasteiger partial charge on any atom is -0.275 e. The minimum atomic E-state index is -4.09. The molecule has 3 nitrogen and oxygen atoms in total. The zero-order valence-corrected chi connectivity index (χ0v) is 9.88. The first-order chi connectivity index (χ1) is 6.73. The van der Waals surface area contributed by atoms with Gasteiger partial charge >= 0.3 is 0 Å². The van der Waals surface area contributed by atoms with Crippen molar-refractivity contribution in [2.24, 2.45) is 0 Å². The maximum absolute atomic E-state index is 13.1. The second-order valence-corrected chi connectivity index (χ2v) is 5.79. The maximum Gasteiger partial charge on any atom is 0.261 e. The van der Waals surface area contributed by atoms with Crippen LogP contribution in [0.2, 0.25) is 5.02 Å². The summed E-state index contributed by atoms with van der Waals surface area (Å²) in [6, 6.07) is 1.52. The Morgan fingerprint density at radius 3 is 2.27 bits per heavy atom. The molecule has 0 atom stereocenters. The maximum atomic E-state index is 13.1. The van der Waals surface area contributed by atoms with E-state index in [4.69, 9.17) is 33.9 Å². The summed E-state index contributed by atoms with van der Waals surface area (Å²) >= 11 is 10.4. The van der Waals surface area contributed by atoms with Crippen molar-refractivity contribution in [1.29, 1.82) is 0 Å². The first-order valence-electron chi connectivity index (χ1n) is 3.37. The van der Waals surface area contributed by atoms with E-state index in [0.29, 0.717) is 0 Å². The van der Waals surface area contributed by atoms with Gasteiger partial charge in [-0.1, -0.05) is 11.6 Å². The number of carbonyl (C=O) groups is 1. The molecule has 15 heavy (non-hydrogen) atoms. The van der Waals surface area contributed by atoms with Crippen molar-refractivity contribution in [2.45, 2.75) is 4.90 Å². The summed E-state index contributed by atoms with van der Waals surface area (Å²) in [6.45, 7) is 0. The third-order valence-electron chi connectivity index (χ3n) is 1.50. The molecule has 1 aromatic carbocycles. The van der Waals surface area contributed by atoms with E-state index in [9.17, 15) is 17.6 Å². The van der Waals surface area contributed by atoms with Crippen LogP contribution in [0.3, 0.4) is 0 Å². The lowest BCUT2D eigenvalue weighted by molar-refractivity contribution is 0.107. The molecule has 1 aromatic rings. The molecule has 0 bridgehead atoms. The summed E-state index contributed by atoms with van der Waals surface area (Å²) in [4.78, 5) is 10.2. The molecule has 8 heteroatoms. The largest absolute Gasteiger partial charge is 0.275 e. The van der Waals surface area contributed by atoms with E-state index >= 15 is 0 Å². The van der Waals surface area contributed by atoms with Crippen LogP contribution in [0, 0.1) is 5.82 Å². The van der Waals surface area contributed by atoms with Crippen LogP contribution in [0.4, 0.5) is 4.39 Å². The molecule has 0 heterocycles. The van der Waals surface area contributed by atoms with E-state index in [1.165, 1.54) is 0 Å². The molecule has 0 N–H and O–H groups in total. The second-order valence-electron chi connectivity index (χ2n) is 2.48. The Hall–Kier alpha value is -0.360. The Morgan fingerprint density at radius 1 is 1.33 bits per heavy atom. The number of benzene rings is 1.